The van der Waals surface area contributed by atoms with Gasteiger partial charge in [-0.2, -0.15) is 0 Å². The van der Waals surface area contributed by atoms with E-state index >= 15 is 0 Å². The average Bonchev–Trinajstić information content (AvgIpc) is 2.43. The van der Waals surface area contributed by atoms with E-state index in [-0.39, 0.29) is 36.8 Å². The predicted molar refractivity (Wildman–Crippen MR) is 84.1 cm³/mol. The molecule has 1 aromatic carbocycles. The van der Waals surface area contributed by atoms with Crippen molar-refractivity contribution in [3.8, 4) is 0 Å². The van der Waals surface area contributed by atoms with E-state index in [2.05, 4.69) is 10.6 Å². The van der Waals surface area contributed by atoms with Crippen LogP contribution < -0.4 is 10.6 Å². The minimum Gasteiger partial charge on any atom is -0.349 e. The second-order valence-corrected chi connectivity index (χ2v) is 5.63. The molecule has 5 nitrogen and oxygen atoms in total. The van der Waals surface area contributed by atoms with Crippen LogP contribution in [0.3, 0.4) is 0 Å². The van der Waals surface area contributed by atoms with E-state index in [1.165, 1.54) is 4.90 Å². The fraction of sp³-hybridized carbons (Fsp3) is 0.500. The van der Waals surface area contributed by atoms with Crippen LogP contribution in [0.2, 0.25) is 0 Å². The summed E-state index contributed by atoms with van der Waals surface area (Å²) in [6.45, 7) is 5.50. The normalized spacial score (nSPS) is 11.7. The topological polar surface area (TPSA) is 61.4 Å². The molecule has 1 aromatic rings. The van der Waals surface area contributed by atoms with Crippen molar-refractivity contribution in [1.82, 2.24) is 15.5 Å². The third-order valence-corrected chi connectivity index (χ3v) is 3.43. The summed E-state index contributed by atoms with van der Waals surface area (Å²) in [7, 11) is 3.34. The molecule has 1 rings (SSSR count). The van der Waals surface area contributed by atoms with Gasteiger partial charge in [-0.25, -0.2) is 9.18 Å². The molecule has 0 aliphatic heterocycles. The third kappa shape index (κ3) is 5.02. The minimum absolute atomic E-state index is 0.0434. The lowest BCUT2D eigenvalue weighted by molar-refractivity contribution is -0.128. The average molecular weight is 309 g/mol. The first-order chi connectivity index (χ1) is 10.2. The molecule has 0 aliphatic rings. The second kappa shape index (κ2) is 7.77. The zero-order chi connectivity index (χ0) is 16.9. The van der Waals surface area contributed by atoms with Crippen molar-refractivity contribution in [3.63, 3.8) is 0 Å². The van der Waals surface area contributed by atoms with Crippen LogP contribution in [0.1, 0.15) is 36.1 Å². The molecule has 0 aromatic heterocycles. The summed E-state index contributed by atoms with van der Waals surface area (Å²) < 4.78 is 13.6. The van der Waals surface area contributed by atoms with E-state index in [0.717, 1.165) is 5.56 Å². The largest absolute Gasteiger partial charge is 0.349 e. The van der Waals surface area contributed by atoms with Crippen LogP contribution in [0.5, 0.6) is 0 Å². The summed E-state index contributed by atoms with van der Waals surface area (Å²) >= 11 is 0. The van der Waals surface area contributed by atoms with Crippen LogP contribution in [-0.4, -0.2) is 37.5 Å². The molecular weight excluding hydrogens is 285 g/mol. The van der Waals surface area contributed by atoms with Crippen LogP contribution in [0.15, 0.2) is 12.1 Å². The minimum atomic E-state index is -0.348. The number of halogens is 1. The standard InChI is InChI=1S/C16H24FN3O2/c1-10-8-13(9-11(2)15(10)17)12(3)19-16(22)18-7-6-14(21)20(4)5/h8-9,12H,6-7H2,1-5H3,(H2,18,19,22)/t12-/m0/s1. The molecular formula is C16H24FN3O2. The number of amides is 3. The first-order valence-corrected chi connectivity index (χ1v) is 7.23. The van der Waals surface area contributed by atoms with Crippen molar-refractivity contribution in [2.75, 3.05) is 20.6 Å². The second-order valence-electron chi connectivity index (χ2n) is 5.63. The lowest BCUT2D eigenvalue weighted by atomic mass is 10.0. The van der Waals surface area contributed by atoms with Gasteiger partial charge in [0.25, 0.3) is 0 Å². The molecule has 0 aliphatic carbocycles. The monoisotopic (exact) mass is 309 g/mol. The Hall–Kier alpha value is -2.11. The van der Waals surface area contributed by atoms with Crippen molar-refractivity contribution in [3.05, 3.63) is 34.6 Å². The lowest BCUT2D eigenvalue weighted by Crippen LogP contribution is -2.39. The van der Waals surface area contributed by atoms with E-state index < -0.39 is 0 Å². The highest BCUT2D eigenvalue weighted by Gasteiger charge is 2.13. The van der Waals surface area contributed by atoms with Crippen LogP contribution >= 0.6 is 0 Å². The SMILES string of the molecule is Cc1cc([C@H](C)NC(=O)NCCC(=O)N(C)C)cc(C)c1F. The number of rotatable bonds is 5. The van der Waals surface area contributed by atoms with Crippen LogP contribution in [0, 0.1) is 19.7 Å². The maximum atomic E-state index is 13.6. The number of carbonyl (C=O) groups excluding carboxylic acids is 2. The Morgan fingerprint density at radius 3 is 2.27 bits per heavy atom. The van der Waals surface area contributed by atoms with E-state index in [1.807, 2.05) is 6.92 Å². The zero-order valence-electron chi connectivity index (χ0n) is 13.8. The van der Waals surface area contributed by atoms with Gasteiger partial charge in [-0.05, 0) is 37.5 Å². The number of hydrogen-bond donors (Lipinski definition) is 2. The molecule has 0 radical (unpaired) electrons. The molecule has 0 bridgehead atoms. The molecule has 0 saturated heterocycles. The molecule has 0 saturated carbocycles. The summed E-state index contributed by atoms with van der Waals surface area (Å²) in [4.78, 5) is 24.7. The van der Waals surface area contributed by atoms with Gasteiger partial charge >= 0.3 is 6.03 Å². The van der Waals surface area contributed by atoms with Gasteiger partial charge in [-0.3, -0.25) is 4.79 Å². The number of hydrogen-bond acceptors (Lipinski definition) is 2. The molecule has 122 valence electrons. The van der Waals surface area contributed by atoms with Crippen molar-refractivity contribution < 1.29 is 14.0 Å². The quantitative estimate of drug-likeness (QED) is 0.876. The smallest absolute Gasteiger partial charge is 0.315 e. The summed E-state index contributed by atoms with van der Waals surface area (Å²) in [5.41, 5.74) is 1.96. The number of carbonyl (C=O) groups is 2. The molecule has 0 unspecified atom stereocenters. The summed E-state index contributed by atoms with van der Waals surface area (Å²) in [5.74, 6) is -0.263. The first kappa shape index (κ1) is 17.9. The van der Waals surface area contributed by atoms with Gasteiger partial charge in [-0.1, -0.05) is 12.1 Å². The van der Waals surface area contributed by atoms with Gasteiger partial charge in [0, 0.05) is 27.1 Å². The summed E-state index contributed by atoms with van der Waals surface area (Å²) in [6, 6.07) is 2.85. The van der Waals surface area contributed by atoms with Crippen LogP contribution in [0.4, 0.5) is 9.18 Å². The number of nitrogens with one attached hydrogen (secondary N) is 2. The number of nitrogens with zero attached hydrogens (tertiary/aromatic N) is 1. The highest BCUT2D eigenvalue weighted by molar-refractivity contribution is 5.78. The van der Waals surface area contributed by atoms with Gasteiger partial charge in [0.2, 0.25) is 5.91 Å². The number of aryl methyl sites for hydroxylation is 2. The van der Waals surface area contributed by atoms with Crippen molar-refractivity contribution in [2.24, 2.45) is 0 Å². The van der Waals surface area contributed by atoms with Gasteiger partial charge in [0.1, 0.15) is 5.82 Å². The van der Waals surface area contributed by atoms with Gasteiger partial charge < -0.3 is 15.5 Å². The van der Waals surface area contributed by atoms with Gasteiger partial charge in [0.15, 0.2) is 0 Å². The molecule has 22 heavy (non-hydrogen) atoms. The van der Waals surface area contributed by atoms with Crippen LogP contribution in [0.25, 0.3) is 0 Å². The maximum Gasteiger partial charge on any atom is 0.315 e. The molecule has 1 atom stereocenters. The third-order valence-electron chi connectivity index (χ3n) is 3.43. The Bertz CT molecular complexity index is 535. The van der Waals surface area contributed by atoms with E-state index in [4.69, 9.17) is 0 Å². The molecule has 2 N–H and O–H groups in total. The Balaban J connectivity index is 2.52. The Morgan fingerprint density at radius 2 is 1.77 bits per heavy atom. The van der Waals surface area contributed by atoms with Crippen molar-refractivity contribution in [1.29, 1.82) is 0 Å². The van der Waals surface area contributed by atoms with Crippen LogP contribution in [-0.2, 0) is 4.79 Å². The highest BCUT2D eigenvalue weighted by atomic mass is 19.1. The van der Waals surface area contributed by atoms with Gasteiger partial charge in [-0.15, -0.1) is 0 Å². The maximum absolute atomic E-state index is 13.6. The van der Waals surface area contributed by atoms with E-state index in [0.29, 0.717) is 11.1 Å². The van der Waals surface area contributed by atoms with E-state index in [1.54, 1.807) is 40.1 Å². The molecule has 3 amide bonds. The Morgan fingerprint density at radius 1 is 1.23 bits per heavy atom. The van der Waals surface area contributed by atoms with Crippen molar-refractivity contribution in [2.45, 2.75) is 33.2 Å². The van der Waals surface area contributed by atoms with Gasteiger partial charge in [0.05, 0.1) is 6.04 Å². The number of benzene rings is 1. The number of urea groups is 1. The molecule has 0 fully saturated rings. The Labute approximate surface area is 130 Å². The molecule has 0 heterocycles. The summed E-state index contributed by atoms with van der Waals surface area (Å²) in [6.07, 6.45) is 0.254. The first-order valence-electron chi connectivity index (χ1n) is 7.23. The predicted octanol–water partition coefficient (Wildman–Crippen LogP) is 2.28. The molecule has 6 heteroatoms. The molecule has 0 spiro atoms. The lowest BCUT2D eigenvalue weighted by Gasteiger charge is -2.17. The van der Waals surface area contributed by atoms with Crippen molar-refractivity contribution >= 4 is 11.9 Å². The highest BCUT2D eigenvalue weighted by Crippen LogP contribution is 2.19. The zero-order valence-corrected chi connectivity index (χ0v) is 13.8. The van der Waals surface area contributed by atoms with E-state index in [9.17, 15) is 14.0 Å². The summed E-state index contributed by atoms with van der Waals surface area (Å²) in [5, 5.41) is 5.41. The fourth-order valence-electron chi connectivity index (χ4n) is 2.07. The fourth-order valence-corrected chi connectivity index (χ4v) is 2.07. The Kier molecular flexibility index (Phi) is 6.34.